The monoisotopic (exact) mass is 299 g/mol. The molecular formula is C17H21N3O2. The number of aromatic amines is 1. The Hall–Kier alpha value is -2.30. The highest BCUT2D eigenvalue weighted by molar-refractivity contribution is 5.76. The van der Waals surface area contributed by atoms with Crippen molar-refractivity contribution >= 4 is 5.91 Å². The lowest BCUT2D eigenvalue weighted by Crippen LogP contribution is -2.39. The molecule has 0 aliphatic carbocycles. The van der Waals surface area contributed by atoms with Crippen molar-refractivity contribution in [3.8, 4) is 5.75 Å². The molecule has 3 rings (SSSR count). The molecule has 0 unspecified atom stereocenters. The van der Waals surface area contributed by atoms with Gasteiger partial charge < -0.3 is 10.0 Å². The lowest BCUT2D eigenvalue weighted by Gasteiger charge is -2.32. The number of hydrogen-bond acceptors (Lipinski definition) is 3. The Morgan fingerprint density at radius 2 is 2.18 bits per heavy atom. The number of nitrogens with one attached hydrogen (secondary N) is 1. The number of phenolic OH excluding ortho intramolecular Hbond substituents is 1. The first kappa shape index (κ1) is 14.6. The number of nitrogens with zero attached hydrogens (tertiary/aromatic N) is 2. The maximum absolute atomic E-state index is 12.4. The van der Waals surface area contributed by atoms with Crippen LogP contribution in [0.5, 0.6) is 5.75 Å². The molecule has 116 valence electrons. The molecule has 1 saturated heterocycles. The number of piperidine rings is 1. The van der Waals surface area contributed by atoms with Crippen LogP contribution in [0.2, 0.25) is 0 Å². The van der Waals surface area contributed by atoms with E-state index in [0.717, 1.165) is 31.5 Å². The number of likely N-dealkylation sites (tertiary alicyclic amines) is 1. The molecule has 2 heterocycles. The van der Waals surface area contributed by atoms with E-state index in [1.807, 2.05) is 29.4 Å². The number of carbonyl (C=O) groups excluding carboxylic acids is 1. The maximum atomic E-state index is 12.4. The van der Waals surface area contributed by atoms with E-state index in [2.05, 4.69) is 10.2 Å². The van der Waals surface area contributed by atoms with E-state index >= 15 is 0 Å². The van der Waals surface area contributed by atoms with Crippen LogP contribution in [-0.4, -0.2) is 39.2 Å². The molecule has 0 spiro atoms. The summed E-state index contributed by atoms with van der Waals surface area (Å²) < 4.78 is 0. The van der Waals surface area contributed by atoms with E-state index in [1.165, 1.54) is 5.56 Å². The molecule has 1 aliphatic rings. The largest absolute Gasteiger partial charge is 0.508 e. The van der Waals surface area contributed by atoms with Crippen LogP contribution in [0.4, 0.5) is 0 Å². The summed E-state index contributed by atoms with van der Waals surface area (Å²) in [6, 6.07) is 7.06. The molecule has 2 aromatic rings. The highest BCUT2D eigenvalue weighted by Crippen LogP contribution is 2.26. The number of hydrogen-bond donors (Lipinski definition) is 2. The molecule has 0 saturated carbocycles. The predicted octanol–water partition coefficient (Wildman–Crippen LogP) is 2.45. The van der Waals surface area contributed by atoms with Crippen molar-refractivity contribution in [2.45, 2.75) is 31.6 Å². The van der Waals surface area contributed by atoms with E-state index in [-0.39, 0.29) is 11.7 Å². The lowest BCUT2D eigenvalue weighted by molar-refractivity contribution is -0.132. The number of phenols is 1. The summed E-state index contributed by atoms with van der Waals surface area (Å²) in [5.74, 6) is 0.862. The Labute approximate surface area is 130 Å². The van der Waals surface area contributed by atoms with Gasteiger partial charge in [-0.1, -0.05) is 12.1 Å². The molecule has 5 heteroatoms. The normalized spacial score (nSPS) is 18.4. The molecule has 22 heavy (non-hydrogen) atoms. The fourth-order valence-corrected chi connectivity index (χ4v) is 3.03. The van der Waals surface area contributed by atoms with Crippen molar-refractivity contribution in [3.05, 3.63) is 47.8 Å². The summed E-state index contributed by atoms with van der Waals surface area (Å²) in [5, 5.41) is 16.1. The van der Waals surface area contributed by atoms with Crippen LogP contribution < -0.4 is 0 Å². The second kappa shape index (κ2) is 6.64. The van der Waals surface area contributed by atoms with E-state index < -0.39 is 0 Å². The van der Waals surface area contributed by atoms with Crippen LogP contribution in [0.1, 0.15) is 36.3 Å². The topological polar surface area (TPSA) is 69.2 Å². The standard InChI is InChI=1S/C17H21N3O2/c21-16-6-3-13(4-7-16)5-8-17(22)20-9-1-2-14(12-20)15-10-18-19-11-15/h3-4,6-7,10-11,14,21H,1-2,5,8-9,12H2,(H,18,19)/t14-/m1/s1. The van der Waals surface area contributed by atoms with E-state index in [4.69, 9.17) is 0 Å². The Balaban J connectivity index is 1.54. The number of H-pyrrole nitrogens is 1. The zero-order valence-electron chi connectivity index (χ0n) is 12.5. The fraction of sp³-hybridized carbons (Fsp3) is 0.412. The second-order valence-electron chi connectivity index (χ2n) is 5.88. The van der Waals surface area contributed by atoms with Gasteiger partial charge in [-0.15, -0.1) is 0 Å². The van der Waals surface area contributed by atoms with Crippen molar-refractivity contribution in [1.82, 2.24) is 15.1 Å². The summed E-state index contributed by atoms with van der Waals surface area (Å²) in [4.78, 5) is 14.4. The number of aromatic nitrogens is 2. The summed E-state index contributed by atoms with van der Waals surface area (Å²) in [6.45, 7) is 1.64. The summed E-state index contributed by atoms with van der Waals surface area (Å²) in [5.41, 5.74) is 2.27. The summed E-state index contributed by atoms with van der Waals surface area (Å²) >= 11 is 0. The van der Waals surface area contributed by atoms with Crippen LogP contribution in [0.3, 0.4) is 0 Å². The van der Waals surface area contributed by atoms with Gasteiger partial charge in [0.05, 0.1) is 6.20 Å². The van der Waals surface area contributed by atoms with E-state index in [9.17, 15) is 9.90 Å². The highest BCUT2D eigenvalue weighted by Gasteiger charge is 2.24. The Morgan fingerprint density at radius 1 is 1.36 bits per heavy atom. The van der Waals surface area contributed by atoms with Gasteiger partial charge >= 0.3 is 0 Å². The SMILES string of the molecule is O=C(CCc1ccc(O)cc1)N1CCC[C@@H](c2cn[nH]c2)C1. The average molecular weight is 299 g/mol. The number of aromatic hydroxyl groups is 1. The summed E-state index contributed by atoms with van der Waals surface area (Å²) in [6.07, 6.45) is 7.17. The maximum Gasteiger partial charge on any atom is 0.222 e. The van der Waals surface area contributed by atoms with Crippen LogP contribution in [-0.2, 0) is 11.2 Å². The van der Waals surface area contributed by atoms with Gasteiger partial charge in [0.1, 0.15) is 5.75 Å². The number of aryl methyl sites for hydroxylation is 1. The molecule has 2 N–H and O–H groups in total. The highest BCUT2D eigenvalue weighted by atomic mass is 16.3. The molecule has 1 fully saturated rings. The number of rotatable bonds is 4. The number of benzene rings is 1. The Morgan fingerprint density at radius 3 is 2.91 bits per heavy atom. The van der Waals surface area contributed by atoms with Crippen molar-refractivity contribution < 1.29 is 9.90 Å². The van der Waals surface area contributed by atoms with Crippen LogP contribution >= 0.6 is 0 Å². The molecule has 1 aromatic heterocycles. The minimum atomic E-state index is 0.210. The van der Waals surface area contributed by atoms with Gasteiger partial charge in [-0.3, -0.25) is 9.89 Å². The van der Waals surface area contributed by atoms with Crippen molar-refractivity contribution in [2.24, 2.45) is 0 Å². The minimum absolute atomic E-state index is 0.210. The van der Waals surface area contributed by atoms with Gasteiger partial charge in [0, 0.05) is 31.6 Å². The van der Waals surface area contributed by atoms with Gasteiger partial charge in [-0.2, -0.15) is 5.10 Å². The van der Waals surface area contributed by atoms with Crippen LogP contribution in [0, 0.1) is 0 Å². The zero-order valence-corrected chi connectivity index (χ0v) is 12.5. The zero-order chi connectivity index (χ0) is 15.4. The predicted molar refractivity (Wildman–Crippen MR) is 83.6 cm³/mol. The third-order valence-corrected chi connectivity index (χ3v) is 4.33. The number of amides is 1. The van der Waals surface area contributed by atoms with Crippen molar-refractivity contribution in [3.63, 3.8) is 0 Å². The Bertz CT molecular complexity index is 607. The molecule has 1 amide bonds. The summed E-state index contributed by atoms with van der Waals surface area (Å²) in [7, 11) is 0. The molecule has 0 radical (unpaired) electrons. The van der Waals surface area contributed by atoms with Crippen LogP contribution in [0.15, 0.2) is 36.7 Å². The molecule has 1 atom stereocenters. The smallest absolute Gasteiger partial charge is 0.222 e. The minimum Gasteiger partial charge on any atom is -0.508 e. The fourth-order valence-electron chi connectivity index (χ4n) is 3.03. The van der Waals surface area contributed by atoms with E-state index in [0.29, 0.717) is 18.8 Å². The van der Waals surface area contributed by atoms with E-state index in [1.54, 1.807) is 12.1 Å². The molecule has 1 aromatic carbocycles. The van der Waals surface area contributed by atoms with Crippen LogP contribution in [0.25, 0.3) is 0 Å². The first-order chi connectivity index (χ1) is 10.7. The van der Waals surface area contributed by atoms with Gasteiger partial charge in [0.25, 0.3) is 0 Å². The third-order valence-electron chi connectivity index (χ3n) is 4.33. The first-order valence-corrected chi connectivity index (χ1v) is 7.77. The van der Waals surface area contributed by atoms with Crippen molar-refractivity contribution in [2.75, 3.05) is 13.1 Å². The lowest BCUT2D eigenvalue weighted by atomic mass is 9.92. The molecule has 5 nitrogen and oxygen atoms in total. The van der Waals surface area contributed by atoms with Gasteiger partial charge in [-0.05, 0) is 42.5 Å². The molecule has 0 bridgehead atoms. The average Bonchev–Trinajstić information content (AvgIpc) is 3.09. The number of carbonyl (C=O) groups is 1. The van der Waals surface area contributed by atoms with Crippen molar-refractivity contribution in [1.29, 1.82) is 0 Å². The quantitative estimate of drug-likeness (QED) is 0.911. The first-order valence-electron chi connectivity index (χ1n) is 7.77. The van der Waals surface area contributed by atoms with Gasteiger partial charge in [0.15, 0.2) is 0 Å². The third kappa shape index (κ3) is 3.47. The second-order valence-corrected chi connectivity index (χ2v) is 5.88. The molecule has 1 aliphatic heterocycles. The van der Waals surface area contributed by atoms with Gasteiger partial charge in [-0.25, -0.2) is 0 Å². The Kier molecular flexibility index (Phi) is 4.42. The molecular weight excluding hydrogens is 278 g/mol. The van der Waals surface area contributed by atoms with Gasteiger partial charge in [0.2, 0.25) is 5.91 Å².